The Kier molecular flexibility index (Phi) is 5.43. The van der Waals surface area contributed by atoms with Crippen LogP contribution in [0.25, 0.3) is 11.4 Å². The van der Waals surface area contributed by atoms with Gasteiger partial charge in [-0.3, -0.25) is 4.90 Å². The minimum atomic E-state index is -0.443. The van der Waals surface area contributed by atoms with E-state index in [-0.39, 0.29) is 5.69 Å². The summed E-state index contributed by atoms with van der Waals surface area (Å²) in [4.78, 5) is 23.1. The average molecular weight is 339 g/mol. The molecule has 1 atom stereocenters. The molecule has 2 aromatic rings. The SMILES string of the molecule is COC(=O)c1cc(C)nc(-c2ccc([C@@H](C)N3CCCCC3)cc2)n1. The average Bonchev–Trinajstić information content (AvgIpc) is 2.67. The highest BCUT2D eigenvalue weighted by Gasteiger charge is 2.18. The number of aryl methyl sites for hydroxylation is 1. The van der Waals surface area contributed by atoms with Gasteiger partial charge in [0.1, 0.15) is 0 Å². The van der Waals surface area contributed by atoms with Gasteiger partial charge in [0.15, 0.2) is 11.5 Å². The molecule has 3 rings (SSSR count). The van der Waals surface area contributed by atoms with E-state index in [1.807, 2.05) is 19.1 Å². The van der Waals surface area contributed by atoms with E-state index in [1.54, 1.807) is 6.07 Å². The highest BCUT2D eigenvalue weighted by atomic mass is 16.5. The van der Waals surface area contributed by atoms with Crippen LogP contribution in [0, 0.1) is 6.92 Å². The van der Waals surface area contributed by atoms with Crippen molar-refractivity contribution in [3.8, 4) is 11.4 Å². The lowest BCUT2D eigenvalue weighted by Gasteiger charge is -2.32. The van der Waals surface area contributed by atoms with Crippen molar-refractivity contribution >= 4 is 5.97 Å². The van der Waals surface area contributed by atoms with Gasteiger partial charge in [0.25, 0.3) is 0 Å². The number of nitrogens with zero attached hydrogens (tertiary/aromatic N) is 3. The van der Waals surface area contributed by atoms with E-state index in [9.17, 15) is 4.79 Å². The van der Waals surface area contributed by atoms with Crippen molar-refractivity contribution in [2.24, 2.45) is 0 Å². The van der Waals surface area contributed by atoms with Crippen molar-refractivity contribution in [1.29, 1.82) is 0 Å². The zero-order valence-electron chi connectivity index (χ0n) is 15.2. The van der Waals surface area contributed by atoms with Crippen molar-refractivity contribution < 1.29 is 9.53 Å². The van der Waals surface area contributed by atoms with Gasteiger partial charge in [-0.05, 0) is 51.4 Å². The van der Waals surface area contributed by atoms with Gasteiger partial charge in [0, 0.05) is 17.3 Å². The van der Waals surface area contributed by atoms with Crippen molar-refractivity contribution in [3.05, 3.63) is 47.3 Å². The molecule has 0 bridgehead atoms. The van der Waals surface area contributed by atoms with Gasteiger partial charge in [-0.15, -0.1) is 0 Å². The molecule has 132 valence electrons. The number of carbonyl (C=O) groups excluding carboxylic acids is 1. The Morgan fingerprint density at radius 1 is 1.12 bits per heavy atom. The van der Waals surface area contributed by atoms with Crippen LogP contribution in [0.2, 0.25) is 0 Å². The fourth-order valence-electron chi connectivity index (χ4n) is 3.33. The smallest absolute Gasteiger partial charge is 0.356 e. The van der Waals surface area contributed by atoms with Crippen molar-refractivity contribution in [2.75, 3.05) is 20.2 Å². The van der Waals surface area contributed by atoms with Gasteiger partial charge < -0.3 is 4.74 Å². The van der Waals surface area contributed by atoms with Gasteiger partial charge >= 0.3 is 5.97 Å². The highest BCUT2D eigenvalue weighted by Crippen LogP contribution is 2.26. The molecule has 1 aromatic carbocycles. The third-order valence-corrected chi connectivity index (χ3v) is 4.84. The monoisotopic (exact) mass is 339 g/mol. The molecule has 0 radical (unpaired) electrons. The van der Waals surface area contributed by atoms with Crippen LogP contribution >= 0.6 is 0 Å². The fraction of sp³-hybridized carbons (Fsp3) is 0.450. The topological polar surface area (TPSA) is 55.3 Å². The van der Waals surface area contributed by atoms with Crippen LogP contribution in [0.1, 0.15) is 54.0 Å². The predicted octanol–water partition coefficient (Wildman–Crippen LogP) is 3.79. The largest absolute Gasteiger partial charge is 0.464 e. The molecule has 1 saturated heterocycles. The summed E-state index contributed by atoms with van der Waals surface area (Å²) in [6.45, 7) is 6.46. The fourth-order valence-corrected chi connectivity index (χ4v) is 3.33. The number of ether oxygens (including phenoxy) is 1. The first-order valence-corrected chi connectivity index (χ1v) is 8.87. The Balaban J connectivity index is 1.82. The first-order chi connectivity index (χ1) is 12.1. The van der Waals surface area contributed by atoms with E-state index >= 15 is 0 Å². The standard InChI is InChI=1S/C20H25N3O2/c1-14-13-18(20(24)25-3)22-19(21-14)17-9-7-16(8-10-17)15(2)23-11-5-4-6-12-23/h7-10,13,15H,4-6,11-12H2,1-3H3/t15-/m1/s1. The second-order valence-corrected chi connectivity index (χ2v) is 6.60. The van der Waals surface area contributed by atoms with Crippen LogP contribution in [0.3, 0.4) is 0 Å². The van der Waals surface area contributed by atoms with Gasteiger partial charge in [-0.1, -0.05) is 30.7 Å². The molecule has 0 N–H and O–H groups in total. The van der Waals surface area contributed by atoms with E-state index in [0.29, 0.717) is 11.9 Å². The number of aromatic nitrogens is 2. The first-order valence-electron chi connectivity index (χ1n) is 8.87. The molecule has 5 heteroatoms. The Hall–Kier alpha value is -2.27. The number of methoxy groups -OCH3 is 1. The van der Waals surface area contributed by atoms with Crippen molar-refractivity contribution in [1.82, 2.24) is 14.9 Å². The summed E-state index contributed by atoms with van der Waals surface area (Å²) in [5.41, 5.74) is 3.24. The molecule has 5 nitrogen and oxygen atoms in total. The first kappa shape index (κ1) is 17.5. The van der Waals surface area contributed by atoms with E-state index in [0.717, 1.165) is 11.3 Å². The van der Waals surface area contributed by atoms with Crippen molar-refractivity contribution in [2.45, 2.75) is 39.2 Å². The summed E-state index contributed by atoms with van der Waals surface area (Å²) in [6.07, 6.45) is 3.92. The normalized spacial score (nSPS) is 16.4. The van der Waals surface area contributed by atoms with E-state index in [4.69, 9.17) is 4.74 Å². The highest BCUT2D eigenvalue weighted by molar-refractivity contribution is 5.87. The number of carbonyl (C=O) groups is 1. The molecule has 0 amide bonds. The number of rotatable bonds is 4. The molecule has 1 aliphatic rings. The van der Waals surface area contributed by atoms with Gasteiger partial charge in [-0.25, -0.2) is 14.8 Å². The predicted molar refractivity (Wildman–Crippen MR) is 97.4 cm³/mol. The molecule has 0 unspecified atom stereocenters. The molecule has 1 fully saturated rings. The van der Waals surface area contributed by atoms with Gasteiger partial charge in [-0.2, -0.15) is 0 Å². The van der Waals surface area contributed by atoms with Gasteiger partial charge in [0.2, 0.25) is 0 Å². The summed E-state index contributed by atoms with van der Waals surface area (Å²) >= 11 is 0. The lowest BCUT2D eigenvalue weighted by Crippen LogP contribution is -2.32. The number of hydrogen-bond donors (Lipinski definition) is 0. The number of likely N-dealkylation sites (tertiary alicyclic amines) is 1. The maximum atomic E-state index is 11.7. The minimum absolute atomic E-state index is 0.288. The van der Waals surface area contributed by atoms with Crippen LogP contribution in [0.15, 0.2) is 30.3 Å². The summed E-state index contributed by atoms with van der Waals surface area (Å²) in [7, 11) is 1.36. The van der Waals surface area contributed by atoms with Crippen molar-refractivity contribution in [3.63, 3.8) is 0 Å². The molecule has 0 spiro atoms. The Bertz CT molecular complexity index is 737. The van der Waals surface area contributed by atoms with Crippen LogP contribution in [0.5, 0.6) is 0 Å². The summed E-state index contributed by atoms with van der Waals surface area (Å²) < 4.78 is 4.77. The molecule has 0 aliphatic carbocycles. The molecular weight excluding hydrogens is 314 g/mol. The Morgan fingerprint density at radius 3 is 2.44 bits per heavy atom. The third kappa shape index (κ3) is 4.04. The maximum Gasteiger partial charge on any atom is 0.356 e. The third-order valence-electron chi connectivity index (χ3n) is 4.84. The number of esters is 1. The van der Waals surface area contributed by atoms with E-state index in [2.05, 4.69) is 33.9 Å². The van der Waals surface area contributed by atoms with Gasteiger partial charge in [0.05, 0.1) is 7.11 Å². The molecule has 1 aliphatic heterocycles. The second-order valence-electron chi connectivity index (χ2n) is 6.60. The molecule has 25 heavy (non-hydrogen) atoms. The zero-order valence-corrected chi connectivity index (χ0v) is 15.2. The maximum absolute atomic E-state index is 11.7. The number of piperidine rings is 1. The van der Waals surface area contributed by atoms with Crippen LogP contribution in [-0.4, -0.2) is 41.0 Å². The Labute approximate surface area is 149 Å². The van der Waals surface area contributed by atoms with E-state index in [1.165, 1.54) is 45.0 Å². The lowest BCUT2D eigenvalue weighted by molar-refractivity contribution is 0.0594. The Morgan fingerprint density at radius 2 is 1.80 bits per heavy atom. The van der Waals surface area contributed by atoms with Crippen LogP contribution < -0.4 is 0 Å². The van der Waals surface area contributed by atoms with Crippen LogP contribution in [-0.2, 0) is 4.74 Å². The number of hydrogen-bond acceptors (Lipinski definition) is 5. The minimum Gasteiger partial charge on any atom is -0.464 e. The quantitative estimate of drug-likeness (QED) is 0.793. The molecule has 2 heterocycles. The molecule has 1 aromatic heterocycles. The lowest BCUT2D eigenvalue weighted by atomic mass is 10.0. The number of benzene rings is 1. The molecule has 0 saturated carbocycles. The second kappa shape index (κ2) is 7.74. The summed E-state index contributed by atoms with van der Waals surface area (Å²) in [6, 6.07) is 10.4. The summed E-state index contributed by atoms with van der Waals surface area (Å²) in [5, 5.41) is 0. The van der Waals surface area contributed by atoms with E-state index < -0.39 is 5.97 Å². The van der Waals surface area contributed by atoms with Crippen LogP contribution in [0.4, 0.5) is 0 Å². The molecular formula is C20H25N3O2. The zero-order chi connectivity index (χ0) is 17.8. The summed E-state index contributed by atoms with van der Waals surface area (Å²) in [5.74, 6) is 0.111.